The summed E-state index contributed by atoms with van der Waals surface area (Å²) in [5.41, 5.74) is 2.99. The van der Waals surface area contributed by atoms with Crippen LogP contribution < -0.4 is 25.4 Å². The molecule has 2 aliphatic rings. The number of amides is 2. The minimum atomic E-state index is -0.623. The van der Waals surface area contributed by atoms with Crippen molar-refractivity contribution in [2.75, 3.05) is 12.1 Å². The maximum absolute atomic E-state index is 12.9. The molecule has 0 bridgehead atoms. The standard InChI is InChI=1S/C23H27N3O4/c1-14(2)9-19(23(28)25-17-7-8-20-21(11-17)30-13-29-20)26-22(27)18-10-15-5-3-4-6-16(15)12-24-18/h3-8,11,14,18-19,24H,9-10,12-13H2,1-2H3,(H,25,28)(H,26,27)/t18-,19+/m1/s1. The minimum absolute atomic E-state index is 0.156. The van der Waals surface area contributed by atoms with Gasteiger partial charge in [-0.25, -0.2) is 0 Å². The molecular weight excluding hydrogens is 382 g/mol. The highest BCUT2D eigenvalue weighted by molar-refractivity contribution is 5.98. The monoisotopic (exact) mass is 409 g/mol. The molecule has 0 fully saturated rings. The lowest BCUT2D eigenvalue weighted by atomic mass is 9.95. The molecule has 2 atom stereocenters. The van der Waals surface area contributed by atoms with Gasteiger partial charge >= 0.3 is 0 Å². The van der Waals surface area contributed by atoms with Crippen molar-refractivity contribution in [2.45, 2.75) is 45.3 Å². The zero-order valence-corrected chi connectivity index (χ0v) is 17.2. The van der Waals surface area contributed by atoms with E-state index < -0.39 is 6.04 Å². The molecule has 0 aromatic heterocycles. The summed E-state index contributed by atoms with van der Waals surface area (Å²) in [5.74, 6) is 1.10. The lowest BCUT2D eigenvalue weighted by Crippen LogP contribution is -2.53. The molecule has 2 aromatic rings. The van der Waals surface area contributed by atoms with E-state index in [-0.39, 0.29) is 30.6 Å². The molecule has 0 saturated heterocycles. The summed E-state index contributed by atoms with van der Waals surface area (Å²) in [6.45, 7) is 4.88. The first-order valence-corrected chi connectivity index (χ1v) is 10.3. The molecule has 0 saturated carbocycles. The molecule has 7 nitrogen and oxygen atoms in total. The number of nitrogens with one attached hydrogen (secondary N) is 3. The van der Waals surface area contributed by atoms with Crippen LogP contribution in [-0.2, 0) is 22.6 Å². The molecular formula is C23H27N3O4. The summed E-state index contributed by atoms with van der Waals surface area (Å²) in [7, 11) is 0. The number of ether oxygens (including phenoxy) is 2. The normalized spacial score (nSPS) is 17.9. The number of rotatable bonds is 6. The molecule has 0 aliphatic carbocycles. The van der Waals surface area contributed by atoms with Crippen LogP contribution in [0.5, 0.6) is 11.5 Å². The van der Waals surface area contributed by atoms with E-state index in [1.54, 1.807) is 18.2 Å². The first kappa shape index (κ1) is 20.2. The second kappa shape index (κ2) is 8.75. The SMILES string of the molecule is CC(C)C[C@H](NC(=O)[C@H]1Cc2ccccc2CN1)C(=O)Nc1ccc2c(c1)OCO2. The zero-order chi connectivity index (χ0) is 21.1. The Kier molecular flexibility index (Phi) is 5.90. The molecule has 158 valence electrons. The lowest BCUT2D eigenvalue weighted by Gasteiger charge is -2.28. The first-order valence-electron chi connectivity index (χ1n) is 10.3. The number of hydrogen-bond donors (Lipinski definition) is 3. The van der Waals surface area contributed by atoms with Crippen LogP contribution in [0.15, 0.2) is 42.5 Å². The van der Waals surface area contributed by atoms with Crippen LogP contribution in [0.2, 0.25) is 0 Å². The van der Waals surface area contributed by atoms with E-state index in [1.807, 2.05) is 32.0 Å². The van der Waals surface area contributed by atoms with E-state index in [0.29, 0.717) is 36.6 Å². The Morgan fingerprint density at radius 1 is 1.10 bits per heavy atom. The molecule has 4 rings (SSSR count). The Hall–Kier alpha value is -3.06. The third kappa shape index (κ3) is 4.57. The Labute approximate surface area is 176 Å². The number of hydrogen-bond acceptors (Lipinski definition) is 5. The van der Waals surface area contributed by atoms with Crippen molar-refractivity contribution in [3.8, 4) is 11.5 Å². The third-order valence-corrected chi connectivity index (χ3v) is 5.38. The summed E-state index contributed by atoms with van der Waals surface area (Å²) in [6, 6.07) is 12.4. The van der Waals surface area contributed by atoms with Crippen molar-refractivity contribution in [1.82, 2.24) is 10.6 Å². The molecule has 3 N–H and O–H groups in total. The van der Waals surface area contributed by atoms with Crippen molar-refractivity contribution in [1.29, 1.82) is 0 Å². The highest BCUT2D eigenvalue weighted by Gasteiger charge is 2.29. The highest BCUT2D eigenvalue weighted by atomic mass is 16.7. The molecule has 7 heteroatoms. The lowest BCUT2D eigenvalue weighted by molar-refractivity contribution is -0.128. The average Bonchev–Trinajstić information content (AvgIpc) is 3.20. The van der Waals surface area contributed by atoms with Gasteiger partial charge in [-0.05, 0) is 42.0 Å². The number of fused-ring (bicyclic) bond motifs is 2. The van der Waals surface area contributed by atoms with E-state index in [1.165, 1.54) is 11.1 Å². The molecule has 2 aliphatic heterocycles. The van der Waals surface area contributed by atoms with Crippen LogP contribution in [0.4, 0.5) is 5.69 Å². The Bertz CT molecular complexity index is 944. The van der Waals surface area contributed by atoms with Crippen molar-refractivity contribution in [3.05, 3.63) is 53.6 Å². The number of carbonyl (C=O) groups excluding carboxylic acids is 2. The van der Waals surface area contributed by atoms with Gasteiger partial charge in [0, 0.05) is 18.3 Å². The van der Waals surface area contributed by atoms with Gasteiger partial charge in [0.05, 0.1) is 6.04 Å². The zero-order valence-electron chi connectivity index (χ0n) is 17.2. The van der Waals surface area contributed by atoms with Crippen molar-refractivity contribution in [3.63, 3.8) is 0 Å². The molecule has 0 spiro atoms. The Balaban J connectivity index is 1.42. The Morgan fingerprint density at radius 2 is 1.87 bits per heavy atom. The van der Waals surface area contributed by atoms with Crippen LogP contribution >= 0.6 is 0 Å². The topological polar surface area (TPSA) is 88.7 Å². The summed E-state index contributed by atoms with van der Waals surface area (Å²) in [6.07, 6.45) is 1.16. The summed E-state index contributed by atoms with van der Waals surface area (Å²) >= 11 is 0. The van der Waals surface area contributed by atoms with Gasteiger partial charge in [-0.1, -0.05) is 38.1 Å². The summed E-state index contributed by atoms with van der Waals surface area (Å²) in [5, 5.41) is 9.12. The molecule has 2 aromatic carbocycles. The van der Waals surface area contributed by atoms with E-state index in [2.05, 4.69) is 22.0 Å². The predicted octanol–water partition coefficient (Wildman–Crippen LogP) is 2.60. The molecule has 2 amide bonds. The van der Waals surface area contributed by atoms with E-state index in [4.69, 9.17) is 9.47 Å². The fourth-order valence-electron chi connectivity index (χ4n) is 3.82. The maximum Gasteiger partial charge on any atom is 0.246 e. The quantitative estimate of drug-likeness (QED) is 0.683. The van der Waals surface area contributed by atoms with Gasteiger partial charge in [-0.2, -0.15) is 0 Å². The second-order valence-electron chi connectivity index (χ2n) is 8.15. The third-order valence-electron chi connectivity index (χ3n) is 5.38. The maximum atomic E-state index is 12.9. The van der Waals surface area contributed by atoms with Gasteiger partial charge in [0.2, 0.25) is 18.6 Å². The van der Waals surface area contributed by atoms with Crippen molar-refractivity contribution in [2.24, 2.45) is 5.92 Å². The fraction of sp³-hybridized carbons (Fsp3) is 0.391. The summed E-state index contributed by atoms with van der Waals surface area (Å²) < 4.78 is 10.7. The number of anilines is 1. The van der Waals surface area contributed by atoms with Crippen LogP contribution in [0, 0.1) is 5.92 Å². The van der Waals surface area contributed by atoms with Gasteiger partial charge in [-0.15, -0.1) is 0 Å². The van der Waals surface area contributed by atoms with Crippen LogP contribution in [0.3, 0.4) is 0 Å². The first-order chi connectivity index (χ1) is 14.5. The number of benzene rings is 2. The average molecular weight is 409 g/mol. The second-order valence-corrected chi connectivity index (χ2v) is 8.15. The fourth-order valence-corrected chi connectivity index (χ4v) is 3.82. The van der Waals surface area contributed by atoms with Crippen LogP contribution in [0.1, 0.15) is 31.4 Å². The van der Waals surface area contributed by atoms with Crippen LogP contribution in [-0.4, -0.2) is 30.7 Å². The van der Waals surface area contributed by atoms with E-state index >= 15 is 0 Å². The smallest absolute Gasteiger partial charge is 0.246 e. The van der Waals surface area contributed by atoms with Gasteiger partial charge in [0.1, 0.15) is 6.04 Å². The van der Waals surface area contributed by atoms with Crippen LogP contribution in [0.25, 0.3) is 0 Å². The minimum Gasteiger partial charge on any atom is -0.454 e. The van der Waals surface area contributed by atoms with E-state index in [9.17, 15) is 9.59 Å². The summed E-state index contributed by atoms with van der Waals surface area (Å²) in [4.78, 5) is 25.9. The van der Waals surface area contributed by atoms with Gasteiger partial charge in [0.25, 0.3) is 0 Å². The van der Waals surface area contributed by atoms with E-state index in [0.717, 1.165) is 0 Å². The number of carbonyl (C=O) groups is 2. The molecule has 0 radical (unpaired) electrons. The largest absolute Gasteiger partial charge is 0.454 e. The highest BCUT2D eigenvalue weighted by Crippen LogP contribution is 2.34. The van der Waals surface area contributed by atoms with Gasteiger partial charge < -0.3 is 25.4 Å². The predicted molar refractivity (Wildman–Crippen MR) is 113 cm³/mol. The van der Waals surface area contributed by atoms with Gasteiger partial charge in [-0.3, -0.25) is 9.59 Å². The molecule has 0 unspecified atom stereocenters. The van der Waals surface area contributed by atoms with Crippen molar-refractivity contribution >= 4 is 17.5 Å². The van der Waals surface area contributed by atoms with Crippen molar-refractivity contribution < 1.29 is 19.1 Å². The molecule has 30 heavy (non-hydrogen) atoms. The Morgan fingerprint density at radius 3 is 2.67 bits per heavy atom. The van der Waals surface area contributed by atoms with Gasteiger partial charge in [0.15, 0.2) is 11.5 Å². The molecule has 2 heterocycles.